The number of fused-ring (bicyclic) bond motifs is 1. The highest BCUT2D eigenvalue weighted by molar-refractivity contribution is 5.93. The van der Waals surface area contributed by atoms with Crippen LogP contribution in [0.1, 0.15) is 31.2 Å². The van der Waals surface area contributed by atoms with Gasteiger partial charge in [0.25, 0.3) is 0 Å². The van der Waals surface area contributed by atoms with Crippen molar-refractivity contribution in [2.75, 3.05) is 13.1 Å². The van der Waals surface area contributed by atoms with Gasteiger partial charge in [0.1, 0.15) is 11.3 Å². The van der Waals surface area contributed by atoms with Crippen molar-refractivity contribution in [2.24, 2.45) is 0 Å². The van der Waals surface area contributed by atoms with Gasteiger partial charge in [-0.15, -0.1) is 0 Å². The minimum absolute atomic E-state index is 0.702. The number of nitrogens with zero attached hydrogens (tertiary/aromatic N) is 3. The summed E-state index contributed by atoms with van der Waals surface area (Å²) >= 11 is 0. The molecule has 0 bridgehead atoms. The van der Waals surface area contributed by atoms with E-state index in [1.165, 1.54) is 19.4 Å². The molecule has 1 aliphatic heterocycles. The lowest BCUT2D eigenvalue weighted by molar-refractivity contribution is 0.266. The second-order valence-electron chi connectivity index (χ2n) is 6.77. The molecule has 0 spiro atoms. The highest BCUT2D eigenvalue weighted by Gasteiger charge is 2.20. The van der Waals surface area contributed by atoms with Gasteiger partial charge in [0.05, 0.1) is 11.4 Å². The Morgan fingerprint density at radius 2 is 2.12 bits per heavy atom. The number of furan rings is 1. The fourth-order valence-corrected chi connectivity index (χ4v) is 3.58. The summed E-state index contributed by atoms with van der Waals surface area (Å²) in [5.41, 5.74) is 3.84. The Balaban J connectivity index is 1.60. The Morgan fingerprint density at radius 3 is 2.88 bits per heavy atom. The summed E-state index contributed by atoms with van der Waals surface area (Å²) in [6.45, 7) is 6.55. The predicted octanol–water partition coefficient (Wildman–Crippen LogP) is 4.23. The molecule has 4 rings (SSSR count). The number of aryl methyl sites for hydroxylation is 1. The van der Waals surface area contributed by atoms with Gasteiger partial charge < -0.3 is 9.32 Å². The summed E-state index contributed by atoms with van der Waals surface area (Å²) in [4.78, 5) is 2.56. The highest BCUT2D eigenvalue weighted by atomic mass is 16.3. The van der Waals surface area contributed by atoms with Crippen LogP contribution in [0.2, 0.25) is 0 Å². The van der Waals surface area contributed by atoms with Gasteiger partial charge >= 0.3 is 0 Å². The highest BCUT2D eigenvalue weighted by Crippen LogP contribution is 2.30. The molecule has 3 heterocycles. The van der Waals surface area contributed by atoms with Crippen molar-refractivity contribution in [2.45, 2.75) is 39.2 Å². The van der Waals surface area contributed by atoms with Crippen molar-refractivity contribution in [1.29, 1.82) is 0 Å². The van der Waals surface area contributed by atoms with E-state index in [0.717, 1.165) is 46.6 Å². The summed E-state index contributed by atoms with van der Waals surface area (Å²) < 4.78 is 6.07. The van der Waals surface area contributed by atoms with E-state index in [9.17, 15) is 0 Å². The molecule has 24 heavy (non-hydrogen) atoms. The minimum Gasteiger partial charge on any atom is -0.461 e. The van der Waals surface area contributed by atoms with Gasteiger partial charge in [0.15, 0.2) is 0 Å². The SMILES string of the molecule is Cc1ccc(-c2cccc3oc(CCN4CCCC4C)cc23)nn1. The van der Waals surface area contributed by atoms with Gasteiger partial charge in [-0.1, -0.05) is 12.1 Å². The van der Waals surface area contributed by atoms with E-state index in [1.807, 2.05) is 31.2 Å². The normalized spacial score (nSPS) is 18.5. The molecular formula is C20H23N3O. The Morgan fingerprint density at radius 1 is 1.21 bits per heavy atom. The first-order chi connectivity index (χ1) is 11.7. The number of aromatic nitrogens is 2. The van der Waals surface area contributed by atoms with Crippen molar-refractivity contribution in [3.05, 3.63) is 47.9 Å². The number of hydrogen-bond acceptors (Lipinski definition) is 4. The van der Waals surface area contributed by atoms with Crippen LogP contribution in [0.25, 0.3) is 22.2 Å². The van der Waals surface area contributed by atoms with Crippen molar-refractivity contribution in [3.8, 4) is 11.3 Å². The van der Waals surface area contributed by atoms with Gasteiger partial charge in [-0.25, -0.2) is 0 Å². The first kappa shape index (κ1) is 15.3. The number of rotatable bonds is 4. The van der Waals surface area contributed by atoms with Gasteiger partial charge in [0, 0.05) is 30.0 Å². The monoisotopic (exact) mass is 321 g/mol. The fraction of sp³-hybridized carbons (Fsp3) is 0.400. The van der Waals surface area contributed by atoms with Crippen molar-refractivity contribution in [1.82, 2.24) is 15.1 Å². The molecule has 0 saturated carbocycles. The second-order valence-corrected chi connectivity index (χ2v) is 6.77. The average Bonchev–Trinajstić information content (AvgIpc) is 3.19. The van der Waals surface area contributed by atoms with Gasteiger partial charge in [-0.2, -0.15) is 10.2 Å². The Bertz CT molecular complexity index is 838. The maximum absolute atomic E-state index is 6.07. The van der Waals surface area contributed by atoms with Gasteiger partial charge in [-0.05, 0) is 57.5 Å². The van der Waals surface area contributed by atoms with E-state index in [0.29, 0.717) is 6.04 Å². The molecule has 3 aromatic rings. The lowest BCUT2D eigenvalue weighted by atomic mass is 10.1. The van der Waals surface area contributed by atoms with Crippen LogP contribution in [0, 0.1) is 6.92 Å². The van der Waals surface area contributed by atoms with E-state index < -0.39 is 0 Å². The van der Waals surface area contributed by atoms with Crippen LogP contribution in [0.4, 0.5) is 0 Å². The van der Waals surface area contributed by atoms with Crippen LogP contribution in [-0.2, 0) is 6.42 Å². The van der Waals surface area contributed by atoms with Crippen LogP contribution >= 0.6 is 0 Å². The molecule has 4 heteroatoms. The first-order valence-electron chi connectivity index (χ1n) is 8.77. The molecule has 1 unspecified atom stereocenters. The molecule has 4 nitrogen and oxygen atoms in total. The number of benzene rings is 1. The van der Waals surface area contributed by atoms with Crippen LogP contribution < -0.4 is 0 Å². The van der Waals surface area contributed by atoms with Crippen LogP contribution in [0.5, 0.6) is 0 Å². The predicted molar refractivity (Wildman–Crippen MR) is 96.0 cm³/mol. The Kier molecular flexibility index (Phi) is 4.07. The zero-order valence-electron chi connectivity index (χ0n) is 14.3. The van der Waals surface area contributed by atoms with Gasteiger partial charge in [0.2, 0.25) is 0 Å². The molecule has 1 atom stereocenters. The molecule has 0 N–H and O–H groups in total. The quantitative estimate of drug-likeness (QED) is 0.721. The smallest absolute Gasteiger partial charge is 0.134 e. The standard InChI is InChI=1S/C20H23N3O/c1-14-8-9-19(22-21-14)17-6-3-7-20-18(17)13-16(24-20)10-12-23-11-4-5-15(23)2/h3,6-9,13,15H,4-5,10-12H2,1-2H3. The molecule has 1 fully saturated rings. The van der Waals surface area contributed by atoms with Crippen LogP contribution in [0.15, 0.2) is 40.8 Å². The zero-order chi connectivity index (χ0) is 16.5. The minimum atomic E-state index is 0.702. The number of hydrogen-bond donors (Lipinski definition) is 0. The molecule has 0 aliphatic carbocycles. The maximum Gasteiger partial charge on any atom is 0.134 e. The summed E-state index contributed by atoms with van der Waals surface area (Å²) in [5.74, 6) is 1.05. The molecule has 124 valence electrons. The van der Waals surface area contributed by atoms with Crippen molar-refractivity contribution < 1.29 is 4.42 Å². The summed E-state index contributed by atoms with van der Waals surface area (Å²) in [5, 5.41) is 9.63. The second kappa shape index (κ2) is 6.36. The fourth-order valence-electron chi connectivity index (χ4n) is 3.58. The molecule has 1 saturated heterocycles. The van der Waals surface area contributed by atoms with Crippen molar-refractivity contribution in [3.63, 3.8) is 0 Å². The van der Waals surface area contributed by atoms with E-state index in [4.69, 9.17) is 4.42 Å². The summed E-state index contributed by atoms with van der Waals surface area (Å²) in [7, 11) is 0. The largest absolute Gasteiger partial charge is 0.461 e. The molecule has 2 aromatic heterocycles. The van der Waals surface area contributed by atoms with E-state index in [-0.39, 0.29) is 0 Å². The molecule has 0 amide bonds. The lowest BCUT2D eigenvalue weighted by Gasteiger charge is -2.19. The number of likely N-dealkylation sites (tertiary alicyclic amines) is 1. The van der Waals surface area contributed by atoms with E-state index in [1.54, 1.807) is 0 Å². The molecule has 0 radical (unpaired) electrons. The third-order valence-corrected chi connectivity index (χ3v) is 5.02. The average molecular weight is 321 g/mol. The maximum atomic E-state index is 6.07. The first-order valence-corrected chi connectivity index (χ1v) is 8.77. The lowest BCUT2D eigenvalue weighted by Crippen LogP contribution is -2.28. The van der Waals surface area contributed by atoms with E-state index in [2.05, 4.69) is 34.2 Å². The van der Waals surface area contributed by atoms with Crippen molar-refractivity contribution >= 4 is 11.0 Å². The third-order valence-electron chi connectivity index (χ3n) is 5.02. The van der Waals surface area contributed by atoms with Crippen LogP contribution in [-0.4, -0.2) is 34.2 Å². The third kappa shape index (κ3) is 2.94. The van der Waals surface area contributed by atoms with Crippen LogP contribution in [0.3, 0.4) is 0 Å². The summed E-state index contributed by atoms with van der Waals surface area (Å²) in [6.07, 6.45) is 3.59. The zero-order valence-corrected chi connectivity index (χ0v) is 14.3. The van der Waals surface area contributed by atoms with Gasteiger partial charge in [-0.3, -0.25) is 0 Å². The topological polar surface area (TPSA) is 42.2 Å². The molecule has 1 aromatic carbocycles. The van der Waals surface area contributed by atoms with E-state index >= 15 is 0 Å². The summed E-state index contributed by atoms with van der Waals surface area (Å²) in [6, 6.07) is 13.0. The Labute approximate surface area is 142 Å². The molecule has 1 aliphatic rings. The molecular weight excluding hydrogens is 298 g/mol. The Hall–Kier alpha value is -2.20.